The third-order valence-electron chi connectivity index (χ3n) is 4.00. The lowest BCUT2D eigenvalue weighted by molar-refractivity contribution is 0.0730. The van der Waals surface area contributed by atoms with Gasteiger partial charge < -0.3 is 35.6 Å². The van der Waals surface area contributed by atoms with Crippen molar-refractivity contribution in [3.8, 4) is 34.5 Å². The molecule has 2 atom stereocenters. The fourth-order valence-electron chi connectivity index (χ4n) is 2.89. The molecule has 8 nitrogen and oxygen atoms in total. The maximum absolute atomic E-state index is 12.8. The Balaban J connectivity index is 2.14. The number of carbonyl (C=O) groups is 1. The second kappa shape index (κ2) is 6.06. The maximum Gasteiger partial charge on any atom is 0.200 e. The van der Waals surface area contributed by atoms with Crippen molar-refractivity contribution in [2.45, 2.75) is 19.1 Å². The monoisotopic (exact) mass is 347 g/mol. The lowest BCUT2D eigenvalue weighted by Gasteiger charge is -2.33. The van der Waals surface area contributed by atoms with Gasteiger partial charge >= 0.3 is 0 Å². The summed E-state index contributed by atoms with van der Waals surface area (Å²) in [6.45, 7) is 2.20. The number of hydrogen-bond acceptors (Lipinski definition) is 8. The van der Waals surface area contributed by atoms with E-state index < -0.39 is 40.9 Å². The molecule has 8 heteroatoms. The van der Waals surface area contributed by atoms with Gasteiger partial charge in [0.2, 0.25) is 0 Å². The zero-order valence-electron chi connectivity index (χ0n) is 13.2. The van der Waals surface area contributed by atoms with Crippen LogP contribution in [0.25, 0.3) is 0 Å². The number of phenols is 5. The molecule has 0 spiro atoms. The molecule has 0 saturated carbocycles. The van der Waals surface area contributed by atoms with Crippen molar-refractivity contribution >= 4 is 5.78 Å². The van der Waals surface area contributed by atoms with Gasteiger partial charge in [-0.05, 0) is 18.7 Å². The van der Waals surface area contributed by atoms with Crippen molar-refractivity contribution in [3.05, 3.63) is 35.4 Å². The molecule has 1 aliphatic rings. The topological polar surface area (TPSA) is 139 Å². The number of rotatable bonds is 3. The van der Waals surface area contributed by atoms with Crippen LogP contribution in [-0.2, 0) is 0 Å². The number of nitrogens with one attached hydrogen (secondary N) is 1. The summed E-state index contributed by atoms with van der Waals surface area (Å²) in [5.74, 6) is -2.97. The van der Waals surface area contributed by atoms with E-state index in [0.29, 0.717) is 6.54 Å². The summed E-state index contributed by atoms with van der Waals surface area (Å²) in [6.07, 6.45) is -0.960. The molecule has 2 aromatic rings. The van der Waals surface area contributed by atoms with Gasteiger partial charge in [-0.25, -0.2) is 0 Å². The molecule has 25 heavy (non-hydrogen) atoms. The van der Waals surface area contributed by atoms with Crippen LogP contribution in [-0.4, -0.2) is 43.9 Å². The molecule has 6 N–H and O–H groups in total. The Morgan fingerprint density at radius 1 is 1.00 bits per heavy atom. The van der Waals surface area contributed by atoms with Crippen LogP contribution in [0.15, 0.2) is 24.3 Å². The largest absolute Gasteiger partial charge is 0.508 e. The van der Waals surface area contributed by atoms with Crippen LogP contribution in [0.2, 0.25) is 0 Å². The summed E-state index contributed by atoms with van der Waals surface area (Å²) in [5.41, 5.74) is 0.174. The van der Waals surface area contributed by atoms with Crippen LogP contribution < -0.4 is 10.1 Å². The average Bonchev–Trinajstić information content (AvgIpc) is 2.53. The van der Waals surface area contributed by atoms with Crippen LogP contribution in [0, 0.1) is 0 Å². The van der Waals surface area contributed by atoms with Crippen molar-refractivity contribution in [1.29, 1.82) is 0 Å². The van der Waals surface area contributed by atoms with E-state index in [9.17, 15) is 30.3 Å². The van der Waals surface area contributed by atoms with E-state index in [0.717, 1.165) is 6.07 Å². The van der Waals surface area contributed by atoms with Crippen molar-refractivity contribution in [2.75, 3.05) is 6.54 Å². The molecule has 0 bridgehead atoms. The SMILES string of the molecule is CCN[C@@H]1C(=O)c2c(O)cc(O)cc2O[C@@H]1c1cc(O)c(O)c(O)c1. The Kier molecular flexibility index (Phi) is 4.05. The molecule has 0 saturated heterocycles. The number of ether oxygens (including phenoxy) is 1. The predicted octanol–water partition coefficient (Wildman–Crippen LogP) is 1.51. The molecule has 0 radical (unpaired) electrons. The molecule has 0 amide bonds. The van der Waals surface area contributed by atoms with Gasteiger partial charge in [0, 0.05) is 17.7 Å². The smallest absolute Gasteiger partial charge is 0.200 e. The van der Waals surface area contributed by atoms with Gasteiger partial charge in [-0.2, -0.15) is 0 Å². The summed E-state index contributed by atoms with van der Waals surface area (Å²) < 4.78 is 5.76. The number of fused-ring (bicyclic) bond motifs is 1. The first-order chi connectivity index (χ1) is 11.8. The van der Waals surface area contributed by atoms with Gasteiger partial charge in [-0.15, -0.1) is 0 Å². The fraction of sp³-hybridized carbons (Fsp3) is 0.235. The van der Waals surface area contributed by atoms with E-state index in [1.165, 1.54) is 18.2 Å². The van der Waals surface area contributed by atoms with E-state index in [1.807, 2.05) is 0 Å². The van der Waals surface area contributed by atoms with Gasteiger partial charge in [0.1, 0.15) is 35.0 Å². The lowest BCUT2D eigenvalue weighted by atomic mass is 9.90. The first-order valence-corrected chi connectivity index (χ1v) is 7.58. The first kappa shape index (κ1) is 16.7. The van der Waals surface area contributed by atoms with Crippen LogP contribution in [0.1, 0.15) is 28.9 Å². The fourth-order valence-corrected chi connectivity index (χ4v) is 2.89. The molecule has 0 aromatic heterocycles. The van der Waals surface area contributed by atoms with Crippen molar-refractivity contribution in [1.82, 2.24) is 5.32 Å². The van der Waals surface area contributed by atoms with Gasteiger partial charge in [0.05, 0.1) is 0 Å². The van der Waals surface area contributed by atoms with Crippen LogP contribution in [0.3, 0.4) is 0 Å². The first-order valence-electron chi connectivity index (χ1n) is 7.58. The summed E-state index contributed by atoms with van der Waals surface area (Å²) >= 11 is 0. The minimum absolute atomic E-state index is 0.0197. The van der Waals surface area contributed by atoms with Gasteiger partial charge in [-0.3, -0.25) is 4.79 Å². The molecule has 132 valence electrons. The quantitative estimate of drug-likeness (QED) is 0.459. The molecule has 1 heterocycles. The second-order valence-corrected chi connectivity index (χ2v) is 5.68. The molecule has 1 aliphatic heterocycles. The minimum atomic E-state index is -0.960. The van der Waals surface area contributed by atoms with Gasteiger partial charge in [0.25, 0.3) is 0 Å². The molecule has 2 aromatic carbocycles. The predicted molar refractivity (Wildman–Crippen MR) is 86.4 cm³/mol. The summed E-state index contributed by atoms with van der Waals surface area (Å²) in [4.78, 5) is 12.8. The number of carbonyl (C=O) groups excluding carboxylic acids is 1. The van der Waals surface area contributed by atoms with E-state index in [-0.39, 0.29) is 22.6 Å². The number of likely N-dealkylation sites (N-methyl/N-ethyl adjacent to an activating group) is 1. The summed E-state index contributed by atoms with van der Waals surface area (Å²) in [7, 11) is 0. The van der Waals surface area contributed by atoms with E-state index in [2.05, 4.69) is 5.32 Å². The molecule has 0 unspecified atom stereocenters. The highest BCUT2D eigenvalue weighted by Crippen LogP contribution is 2.44. The van der Waals surface area contributed by atoms with Crippen molar-refractivity contribution in [2.24, 2.45) is 0 Å². The molecule has 0 aliphatic carbocycles. The molecule has 3 rings (SSSR count). The zero-order chi connectivity index (χ0) is 18.3. The summed E-state index contributed by atoms with van der Waals surface area (Å²) in [5, 5.41) is 51.5. The van der Waals surface area contributed by atoms with Gasteiger partial charge in [0.15, 0.2) is 23.0 Å². The second-order valence-electron chi connectivity index (χ2n) is 5.68. The Bertz CT molecular complexity index is 826. The molecular weight excluding hydrogens is 330 g/mol. The van der Waals surface area contributed by atoms with Crippen LogP contribution in [0.5, 0.6) is 34.5 Å². The molecular formula is C17H17NO7. The van der Waals surface area contributed by atoms with E-state index in [4.69, 9.17) is 4.74 Å². The lowest BCUT2D eigenvalue weighted by Crippen LogP contribution is -2.46. The highest BCUT2D eigenvalue weighted by molar-refractivity contribution is 6.06. The van der Waals surface area contributed by atoms with Gasteiger partial charge in [-0.1, -0.05) is 6.92 Å². The number of benzene rings is 2. The van der Waals surface area contributed by atoms with Crippen molar-refractivity contribution in [3.63, 3.8) is 0 Å². The highest BCUT2D eigenvalue weighted by atomic mass is 16.5. The standard InChI is InChI=1S/C17H17NO7/c1-2-18-14-16(24)13-9(20)5-8(19)6-12(13)25-17(14)7-3-10(21)15(23)11(22)4-7/h3-6,14,17-23H,2H2,1H3/t14-,17-/m1/s1. The molecule has 0 fully saturated rings. The third-order valence-corrected chi connectivity index (χ3v) is 4.00. The average molecular weight is 347 g/mol. The Hall–Kier alpha value is -3.13. The van der Waals surface area contributed by atoms with E-state index in [1.54, 1.807) is 6.92 Å². The Morgan fingerprint density at radius 2 is 1.64 bits per heavy atom. The van der Waals surface area contributed by atoms with Crippen LogP contribution >= 0.6 is 0 Å². The Morgan fingerprint density at radius 3 is 2.24 bits per heavy atom. The maximum atomic E-state index is 12.8. The van der Waals surface area contributed by atoms with Crippen LogP contribution in [0.4, 0.5) is 0 Å². The highest BCUT2D eigenvalue weighted by Gasteiger charge is 2.40. The number of hydrogen-bond donors (Lipinski definition) is 6. The number of Topliss-reactive ketones (excluding diaryl/α,β-unsaturated/α-hetero) is 1. The normalized spacial score (nSPS) is 19.3. The number of aromatic hydroxyl groups is 5. The van der Waals surface area contributed by atoms with Crippen molar-refractivity contribution < 1.29 is 35.1 Å². The summed E-state index contributed by atoms with van der Waals surface area (Å²) in [6, 6.07) is 3.68. The zero-order valence-corrected chi connectivity index (χ0v) is 13.2. The number of ketones is 1. The minimum Gasteiger partial charge on any atom is -0.508 e. The van der Waals surface area contributed by atoms with E-state index >= 15 is 0 Å². The Labute approximate surface area is 142 Å². The number of phenolic OH excluding ortho intramolecular Hbond substituents is 5. The third kappa shape index (κ3) is 2.76.